The highest BCUT2D eigenvalue weighted by atomic mass is 35.5. The number of alkyl carbamates (subject to hydrolysis) is 2. The number of fused-ring (bicyclic) bond motifs is 8. The third kappa shape index (κ3) is 12.2. The smallest absolute Gasteiger partial charge is 0.409 e. The summed E-state index contributed by atoms with van der Waals surface area (Å²) >= 11 is 6.82. The number of carbonyl (C=O) groups excluding carboxylic acids is 5. The first-order valence-electron chi connectivity index (χ1n) is 23.6. The van der Waals surface area contributed by atoms with Crippen molar-refractivity contribution < 1.29 is 57.5 Å². The Kier molecular flexibility index (Phi) is 17.4. The molecule has 7 rings (SSSR count). The SMILES string of the molecule is COc1cc2cc(c1Cl)N(C)C(=O)C[C@H](OC(=O)[C@H](C)N(C)C(=O)CCSSCCNC(=O)OCC1c3ccccc3-c3ccccc31)C1(C)O[C@H]1[C@H](C)[C@@H]1C[C@@](O)(NC(=O)O1)[C@H](OC)/C=C\C=C(\C)C2. The summed E-state index contributed by atoms with van der Waals surface area (Å²) in [7, 11) is 8.97. The lowest BCUT2D eigenvalue weighted by molar-refractivity contribution is -0.162. The van der Waals surface area contributed by atoms with E-state index in [0.717, 1.165) is 33.4 Å². The normalized spacial score (nSPS) is 26.8. The Morgan fingerprint density at radius 2 is 1.73 bits per heavy atom. The zero-order valence-electron chi connectivity index (χ0n) is 41.2. The fraction of sp³-hybridized carbons (Fsp3) is 0.481. The minimum Gasteiger partial charge on any atom is -0.495 e. The Bertz CT molecular complexity index is 2500. The molecule has 3 aromatic carbocycles. The summed E-state index contributed by atoms with van der Waals surface area (Å²) in [5.41, 5.74) is 3.56. The summed E-state index contributed by atoms with van der Waals surface area (Å²) in [6, 6.07) is 18.8. The van der Waals surface area contributed by atoms with Crippen LogP contribution in [0.2, 0.25) is 5.02 Å². The molecule has 2 fully saturated rings. The van der Waals surface area contributed by atoms with Crippen LogP contribution < -0.4 is 20.3 Å². The minimum atomic E-state index is -1.85. The molecule has 0 spiro atoms. The standard InChI is InChI=1S/C52H63ClN4O12S2/c1-30-14-13-19-42(65-8)52(63)28-41(67-50(62)55-52)31(2)47-51(4,69-47)43(27-45(59)57(6)39-25-33(24-30)26-40(64-7)46(39)53)68-48(60)32(3)56(5)44(58)20-22-70-71-23-21-54-49(61)66-29-38-36-17-11-9-15-34(36)35-16-10-12-18-37(35)38/h9-19,25-26,31-32,38,41-43,47,63H,20-24,27-29H2,1-8H3,(H,54,61)(H,55,62)/b19-13-,30-14-/t31-,32+,41+,42-,43+,47+,51?,52+/m1/s1. The maximum absolute atomic E-state index is 14.3. The van der Waals surface area contributed by atoms with Gasteiger partial charge in [0.25, 0.3) is 0 Å². The van der Waals surface area contributed by atoms with E-state index in [1.165, 1.54) is 52.7 Å². The van der Waals surface area contributed by atoms with Crippen LogP contribution in [-0.4, -0.2) is 135 Å². The van der Waals surface area contributed by atoms with Crippen LogP contribution in [0.4, 0.5) is 15.3 Å². The molecule has 4 aliphatic rings. The number of epoxide rings is 1. The van der Waals surface area contributed by atoms with Crippen molar-refractivity contribution in [3.8, 4) is 16.9 Å². The second-order valence-electron chi connectivity index (χ2n) is 18.6. The molecule has 16 nitrogen and oxygen atoms in total. The van der Waals surface area contributed by atoms with Gasteiger partial charge in [-0.3, -0.25) is 14.9 Å². The number of amides is 4. The van der Waals surface area contributed by atoms with E-state index in [1.807, 2.05) is 37.3 Å². The van der Waals surface area contributed by atoms with Gasteiger partial charge in [-0.25, -0.2) is 14.4 Å². The number of nitrogens with zero attached hydrogens (tertiary/aromatic N) is 2. The molecule has 2 saturated heterocycles. The first-order valence-corrected chi connectivity index (χ1v) is 26.4. The van der Waals surface area contributed by atoms with E-state index in [0.29, 0.717) is 35.9 Å². The highest BCUT2D eigenvalue weighted by Gasteiger charge is 2.64. The van der Waals surface area contributed by atoms with Crippen molar-refractivity contribution in [2.24, 2.45) is 5.92 Å². The van der Waals surface area contributed by atoms with Crippen molar-refractivity contribution in [1.29, 1.82) is 0 Å². The van der Waals surface area contributed by atoms with Crippen LogP contribution in [0.1, 0.15) is 69.6 Å². The topological polar surface area (TPSA) is 195 Å². The van der Waals surface area contributed by atoms with E-state index in [9.17, 15) is 29.1 Å². The average molecular weight is 1040 g/mol. The van der Waals surface area contributed by atoms with Crippen molar-refractivity contribution in [3.05, 3.63) is 106 Å². The third-order valence-electron chi connectivity index (χ3n) is 13.8. The monoisotopic (exact) mass is 1030 g/mol. The van der Waals surface area contributed by atoms with Gasteiger partial charge in [-0.2, -0.15) is 0 Å². The molecule has 382 valence electrons. The molecule has 1 aliphatic carbocycles. The van der Waals surface area contributed by atoms with E-state index in [2.05, 4.69) is 34.9 Å². The first-order chi connectivity index (χ1) is 33.9. The van der Waals surface area contributed by atoms with Crippen LogP contribution in [0, 0.1) is 5.92 Å². The lowest BCUT2D eigenvalue weighted by atomic mass is 9.83. The molecule has 0 radical (unpaired) electrons. The van der Waals surface area contributed by atoms with E-state index in [4.69, 9.17) is 40.0 Å². The summed E-state index contributed by atoms with van der Waals surface area (Å²) < 4.78 is 35.1. The molecule has 3 aliphatic heterocycles. The van der Waals surface area contributed by atoms with Crippen molar-refractivity contribution in [1.82, 2.24) is 15.5 Å². The van der Waals surface area contributed by atoms with Crippen LogP contribution in [-0.2, 0) is 44.5 Å². The number of hydrogen-bond donors (Lipinski definition) is 3. The number of aliphatic hydroxyl groups is 1. The Hall–Kier alpha value is -5.24. The quantitative estimate of drug-likeness (QED) is 0.0465. The number of anilines is 1. The van der Waals surface area contributed by atoms with Crippen LogP contribution in [0.15, 0.2) is 84.5 Å². The number of rotatable bonds is 14. The molecule has 8 atom stereocenters. The second-order valence-corrected chi connectivity index (χ2v) is 21.6. The average Bonchev–Trinajstić information content (AvgIpc) is 3.95. The Morgan fingerprint density at radius 3 is 2.41 bits per heavy atom. The fourth-order valence-corrected chi connectivity index (χ4v) is 11.7. The molecule has 19 heteroatoms. The van der Waals surface area contributed by atoms with Crippen LogP contribution in [0.5, 0.6) is 5.75 Å². The van der Waals surface area contributed by atoms with Crippen molar-refractivity contribution in [2.45, 2.75) is 101 Å². The molecule has 0 aromatic heterocycles. The molecule has 1 unspecified atom stereocenters. The van der Waals surface area contributed by atoms with Crippen LogP contribution >= 0.6 is 33.2 Å². The Balaban J connectivity index is 0.959. The van der Waals surface area contributed by atoms with E-state index >= 15 is 0 Å². The lowest BCUT2D eigenvalue weighted by Gasteiger charge is -2.42. The van der Waals surface area contributed by atoms with E-state index < -0.39 is 71.8 Å². The predicted molar refractivity (Wildman–Crippen MR) is 274 cm³/mol. The summed E-state index contributed by atoms with van der Waals surface area (Å²) in [6.45, 7) is 7.57. The second kappa shape index (κ2) is 23.1. The molecule has 4 amide bonds. The fourth-order valence-electron chi connectivity index (χ4n) is 9.49. The number of likely N-dealkylation sites (N-methyl/N-ethyl adjacent to an activating group) is 1. The highest BCUT2D eigenvalue weighted by molar-refractivity contribution is 8.76. The number of allylic oxidation sites excluding steroid dienone is 3. The van der Waals surface area contributed by atoms with Gasteiger partial charge in [0.2, 0.25) is 11.8 Å². The summed E-state index contributed by atoms with van der Waals surface area (Å²) in [5, 5.41) is 17.4. The van der Waals surface area contributed by atoms with Gasteiger partial charge in [-0.05, 0) is 67.1 Å². The summed E-state index contributed by atoms with van der Waals surface area (Å²) in [5.74, 6) is -0.731. The zero-order valence-corrected chi connectivity index (χ0v) is 43.6. The lowest BCUT2D eigenvalue weighted by Crippen LogP contribution is -2.63. The molecular weight excluding hydrogens is 972 g/mol. The number of esters is 1. The molecule has 3 N–H and O–H groups in total. The van der Waals surface area contributed by atoms with Crippen LogP contribution in [0.25, 0.3) is 11.1 Å². The van der Waals surface area contributed by atoms with E-state index in [-0.39, 0.29) is 42.7 Å². The van der Waals surface area contributed by atoms with Crippen molar-refractivity contribution >= 4 is 68.8 Å². The van der Waals surface area contributed by atoms with Gasteiger partial charge in [-0.15, -0.1) is 0 Å². The molecule has 4 bridgehead atoms. The van der Waals surface area contributed by atoms with Gasteiger partial charge in [0.1, 0.15) is 47.3 Å². The third-order valence-corrected chi connectivity index (χ3v) is 16.6. The number of halogens is 1. The summed E-state index contributed by atoms with van der Waals surface area (Å²) in [6.07, 6.45) is 0.330. The van der Waals surface area contributed by atoms with Gasteiger partial charge < -0.3 is 48.6 Å². The number of nitrogens with one attached hydrogen (secondary N) is 2. The molecule has 3 aromatic rings. The van der Waals surface area contributed by atoms with Gasteiger partial charge >= 0.3 is 18.2 Å². The van der Waals surface area contributed by atoms with Crippen LogP contribution in [0.3, 0.4) is 0 Å². The van der Waals surface area contributed by atoms with Crippen molar-refractivity contribution in [2.75, 3.05) is 57.9 Å². The van der Waals surface area contributed by atoms with Crippen molar-refractivity contribution in [3.63, 3.8) is 0 Å². The maximum Gasteiger partial charge on any atom is 0.409 e. The molecule has 3 heterocycles. The number of carbonyl (C=O) groups is 5. The zero-order chi connectivity index (χ0) is 51.2. The number of hydrogen-bond acceptors (Lipinski definition) is 14. The molecule has 71 heavy (non-hydrogen) atoms. The molecular formula is C52H63ClN4O12S2. The first kappa shape index (κ1) is 53.6. The number of methoxy groups -OCH3 is 2. The Morgan fingerprint density at radius 1 is 1.06 bits per heavy atom. The minimum absolute atomic E-state index is 0.0332. The number of benzene rings is 3. The van der Waals surface area contributed by atoms with Gasteiger partial charge in [-0.1, -0.05) is 112 Å². The largest absolute Gasteiger partial charge is 0.495 e. The van der Waals surface area contributed by atoms with Gasteiger partial charge in [0.15, 0.2) is 5.72 Å². The predicted octanol–water partition coefficient (Wildman–Crippen LogP) is 7.82. The number of ether oxygens (including phenoxy) is 6. The summed E-state index contributed by atoms with van der Waals surface area (Å²) in [4.78, 5) is 70.1. The Labute approximate surface area is 427 Å². The highest BCUT2D eigenvalue weighted by Crippen LogP contribution is 2.50. The van der Waals surface area contributed by atoms with Gasteiger partial charge in [0, 0.05) is 63.9 Å². The van der Waals surface area contributed by atoms with E-state index in [1.54, 1.807) is 52.1 Å². The molecule has 0 saturated carbocycles. The maximum atomic E-state index is 14.3. The van der Waals surface area contributed by atoms with Gasteiger partial charge in [0.05, 0.1) is 25.3 Å².